The van der Waals surface area contributed by atoms with E-state index in [0.717, 1.165) is 5.69 Å². The lowest BCUT2D eigenvalue weighted by molar-refractivity contribution is -0.118. The monoisotopic (exact) mass is 209 g/mol. The van der Waals surface area contributed by atoms with Gasteiger partial charge in [0.25, 0.3) is 0 Å². The topological polar surface area (TPSA) is 88.2 Å². The Hall–Kier alpha value is -1.62. The normalized spacial score (nSPS) is 12.3. The third kappa shape index (κ3) is 4.42. The first-order chi connectivity index (χ1) is 7.08. The van der Waals surface area contributed by atoms with Crippen molar-refractivity contribution in [2.24, 2.45) is 5.73 Å². The first-order valence-corrected chi connectivity index (χ1v) is 4.73. The zero-order valence-electron chi connectivity index (χ0n) is 8.60. The quantitative estimate of drug-likeness (QED) is 0.643. The van der Waals surface area contributed by atoms with Crippen molar-refractivity contribution in [3.8, 4) is 5.75 Å². The van der Waals surface area contributed by atoms with Crippen LogP contribution in [-0.2, 0) is 11.3 Å². The molecule has 1 atom stereocenters. The molecule has 5 nitrogen and oxygen atoms in total. The summed E-state index contributed by atoms with van der Waals surface area (Å²) in [6.07, 6.45) is 1.69. The molecule has 0 aromatic carbocycles. The van der Waals surface area contributed by atoms with Crippen LogP contribution >= 0.6 is 0 Å². The number of carbonyl (C=O) groups excluding carboxylic acids is 1. The summed E-state index contributed by atoms with van der Waals surface area (Å²) >= 11 is 0. The van der Waals surface area contributed by atoms with Gasteiger partial charge in [-0.3, -0.25) is 9.78 Å². The van der Waals surface area contributed by atoms with Gasteiger partial charge in [0.2, 0.25) is 5.91 Å². The molecule has 0 fully saturated rings. The summed E-state index contributed by atoms with van der Waals surface area (Å²) in [7, 11) is 0. The number of rotatable bonds is 5. The molecule has 0 spiro atoms. The van der Waals surface area contributed by atoms with E-state index in [0.29, 0.717) is 13.0 Å². The minimum Gasteiger partial charge on any atom is -0.506 e. The Balaban J connectivity index is 2.36. The number of hydrogen-bond acceptors (Lipinski definition) is 4. The second-order valence-corrected chi connectivity index (χ2v) is 3.46. The number of nitrogens with two attached hydrogens (primary N) is 1. The van der Waals surface area contributed by atoms with E-state index in [9.17, 15) is 4.79 Å². The molecule has 0 aliphatic carbocycles. The van der Waals surface area contributed by atoms with Crippen LogP contribution in [0.15, 0.2) is 18.3 Å². The van der Waals surface area contributed by atoms with E-state index in [-0.39, 0.29) is 17.7 Å². The van der Waals surface area contributed by atoms with E-state index >= 15 is 0 Å². The number of pyridine rings is 1. The van der Waals surface area contributed by atoms with E-state index < -0.39 is 0 Å². The van der Waals surface area contributed by atoms with Crippen molar-refractivity contribution in [1.82, 2.24) is 10.3 Å². The fourth-order valence-electron chi connectivity index (χ4n) is 1.17. The van der Waals surface area contributed by atoms with Crippen LogP contribution in [0.2, 0.25) is 0 Å². The van der Waals surface area contributed by atoms with Gasteiger partial charge in [0.05, 0.1) is 11.9 Å². The molecule has 5 heteroatoms. The van der Waals surface area contributed by atoms with Gasteiger partial charge in [0.1, 0.15) is 5.75 Å². The lowest BCUT2D eigenvalue weighted by atomic mass is 10.2. The molecule has 0 saturated carbocycles. The molecule has 1 heterocycles. The second kappa shape index (κ2) is 5.31. The number of nitrogens with zero attached hydrogens (tertiary/aromatic N) is 1. The van der Waals surface area contributed by atoms with E-state index in [1.165, 1.54) is 6.20 Å². The van der Waals surface area contributed by atoms with Crippen molar-refractivity contribution < 1.29 is 9.90 Å². The van der Waals surface area contributed by atoms with Crippen LogP contribution in [0.25, 0.3) is 0 Å². The molecule has 1 aromatic heterocycles. The molecule has 0 aliphatic rings. The molecule has 82 valence electrons. The fraction of sp³-hybridized carbons (Fsp3) is 0.400. The summed E-state index contributed by atoms with van der Waals surface area (Å²) in [4.78, 5) is 14.6. The number of hydrogen-bond donors (Lipinski definition) is 3. The zero-order valence-corrected chi connectivity index (χ0v) is 8.60. The number of aromatic hydroxyl groups is 1. The maximum atomic E-state index is 10.6. The van der Waals surface area contributed by atoms with Crippen molar-refractivity contribution in [3.63, 3.8) is 0 Å². The molecule has 1 unspecified atom stereocenters. The van der Waals surface area contributed by atoms with Crippen molar-refractivity contribution in [2.45, 2.75) is 25.9 Å². The van der Waals surface area contributed by atoms with Crippen molar-refractivity contribution >= 4 is 5.91 Å². The highest BCUT2D eigenvalue weighted by atomic mass is 16.3. The average molecular weight is 209 g/mol. The van der Waals surface area contributed by atoms with Gasteiger partial charge in [-0.25, -0.2) is 0 Å². The Morgan fingerprint density at radius 2 is 2.40 bits per heavy atom. The number of amides is 1. The summed E-state index contributed by atoms with van der Waals surface area (Å²) in [5, 5.41) is 12.1. The summed E-state index contributed by atoms with van der Waals surface area (Å²) in [6.45, 7) is 2.43. The largest absolute Gasteiger partial charge is 0.506 e. The Morgan fingerprint density at radius 1 is 1.67 bits per heavy atom. The van der Waals surface area contributed by atoms with E-state index in [2.05, 4.69) is 10.3 Å². The molecule has 0 radical (unpaired) electrons. The highest BCUT2D eigenvalue weighted by Gasteiger charge is 2.05. The van der Waals surface area contributed by atoms with Gasteiger partial charge in [-0.1, -0.05) is 0 Å². The molecule has 15 heavy (non-hydrogen) atoms. The molecule has 1 aromatic rings. The van der Waals surface area contributed by atoms with Gasteiger partial charge >= 0.3 is 0 Å². The summed E-state index contributed by atoms with van der Waals surface area (Å²) in [5.74, 6) is -0.183. The smallest absolute Gasteiger partial charge is 0.218 e. The number of aromatic nitrogens is 1. The summed E-state index contributed by atoms with van der Waals surface area (Å²) in [6, 6.07) is 3.32. The van der Waals surface area contributed by atoms with Gasteiger partial charge in [-0.2, -0.15) is 0 Å². The first kappa shape index (κ1) is 11.5. The Kier molecular flexibility index (Phi) is 4.05. The molecule has 1 amide bonds. The van der Waals surface area contributed by atoms with Gasteiger partial charge < -0.3 is 16.2 Å². The minimum absolute atomic E-state index is 0.0260. The van der Waals surface area contributed by atoms with Crippen LogP contribution in [0.5, 0.6) is 5.75 Å². The lowest BCUT2D eigenvalue weighted by Crippen LogP contribution is -2.30. The molecule has 4 N–H and O–H groups in total. The summed E-state index contributed by atoms with van der Waals surface area (Å²) in [5.41, 5.74) is 5.86. The van der Waals surface area contributed by atoms with Crippen LogP contribution in [0, 0.1) is 0 Å². The SMILES string of the molecule is CC(CC(N)=O)NCc1ccc(O)cn1. The predicted molar refractivity (Wildman–Crippen MR) is 56.0 cm³/mol. The van der Waals surface area contributed by atoms with Crippen LogP contribution < -0.4 is 11.1 Å². The lowest BCUT2D eigenvalue weighted by Gasteiger charge is -2.10. The molecular formula is C10H15N3O2. The third-order valence-electron chi connectivity index (χ3n) is 1.95. The zero-order chi connectivity index (χ0) is 11.3. The molecular weight excluding hydrogens is 194 g/mol. The van der Waals surface area contributed by atoms with E-state index in [1.54, 1.807) is 12.1 Å². The number of nitrogens with one attached hydrogen (secondary N) is 1. The average Bonchev–Trinajstić information content (AvgIpc) is 2.16. The standard InChI is InChI=1S/C10H15N3O2/c1-7(4-10(11)15)12-5-8-2-3-9(14)6-13-8/h2-3,6-7,12,14H,4-5H2,1H3,(H2,11,15). The molecule has 0 aliphatic heterocycles. The molecule has 1 rings (SSSR count). The maximum absolute atomic E-state index is 10.6. The molecule has 0 saturated heterocycles. The van der Waals surface area contributed by atoms with Crippen LogP contribution in [0.3, 0.4) is 0 Å². The fourth-order valence-corrected chi connectivity index (χ4v) is 1.17. The minimum atomic E-state index is -0.325. The second-order valence-electron chi connectivity index (χ2n) is 3.46. The van der Waals surface area contributed by atoms with Crippen molar-refractivity contribution in [3.05, 3.63) is 24.0 Å². The van der Waals surface area contributed by atoms with Crippen molar-refractivity contribution in [2.75, 3.05) is 0 Å². The van der Waals surface area contributed by atoms with E-state index in [1.807, 2.05) is 6.92 Å². The van der Waals surface area contributed by atoms with Gasteiger partial charge in [-0.05, 0) is 19.1 Å². The van der Waals surface area contributed by atoms with E-state index in [4.69, 9.17) is 10.8 Å². The van der Waals surface area contributed by atoms with Gasteiger partial charge in [0.15, 0.2) is 0 Å². The van der Waals surface area contributed by atoms with Gasteiger partial charge in [0, 0.05) is 19.0 Å². The Bertz CT molecular complexity index is 324. The molecule has 0 bridgehead atoms. The highest BCUT2D eigenvalue weighted by molar-refractivity contribution is 5.74. The van der Waals surface area contributed by atoms with Crippen LogP contribution in [0.4, 0.5) is 0 Å². The van der Waals surface area contributed by atoms with Gasteiger partial charge in [-0.15, -0.1) is 0 Å². The number of carbonyl (C=O) groups is 1. The predicted octanol–water partition coefficient (Wildman–Crippen LogP) is 0.141. The Morgan fingerprint density at radius 3 is 2.93 bits per heavy atom. The van der Waals surface area contributed by atoms with Crippen LogP contribution in [0.1, 0.15) is 19.0 Å². The maximum Gasteiger partial charge on any atom is 0.218 e. The Labute approximate surface area is 88.3 Å². The number of primary amides is 1. The first-order valence-electron chi connectivity index (χ1n) is 4.73. The van der Waals surface area contributed by atoms with Crippen molar-refractivity contribution in [1.29, 1.82) is 0 Å². The highest BCUT2D eigenvalue weighted by Crippen LogP contribution is 2.05. The third-order valence-corrected chi connectivity index (χ3v) is 1.95. The summed E-state index contributed by atoms with van der Waals surface area (Å²) < 4.78 is 0. The van der Waals surface area contributed by atoms with Crippen LogP contribution in [-0.4, -0.2) is 22.0 Å².